The van der Waals surface area contributed by atoms with Gasteiger partial charge in [-0.05, 0) is 12.1 Å². The van der Waals surface area contributed by atoms with Crippen molar-refractivity contribution in [2.45, 2.75) is 0 Å². The van der Waals surface area contributed by atoms with Crippen LogP contribution in [0.25, 0.3) is 11.0 Å². The van der Waals surface area contributed by atoms with Crippen LogP contribution in [0.2, 0.25) is 0 Å². The van der Waals surface area contributed by atoms with E-state index in [1.165, 1.54) is 13.2 Å². The SMILES string of the molecule is Cn1c(=O)[nH]cc(C(=O)N2CC3CN(c4nc5ccccc5n4C)CC3C2)c1=O. The quantitative estimate of drug-likeness (QED) is 0.668. The number of carbonyl (C=O) groups is 1. The van der Waals surface area contributed by atoms with Gasteiger partial charge >= 0.3 is 5.69 Å². The molecule has 0 radical (unpaired) electrons. The second kappa shape index (κ2) is 6.33. The van der Waals surface area contributed by atoms with Gasteiger partial charge in [0.1, 0.15) is 5.56 Å². The van der Waals surface area contributed by atoms with Crippen molar-refractivity contribution in [2.75, 3.05) is 31.1 Å². The molecular weight excluding hydrogens is 372 g/mol. The molecule has 9 nitrogen and oxygen atoms in total. The zero-order valence-corrected chi connectivity index (χ0v) is 16.3. The van der Waals surface area contributed by atoms with Crippen LogP contribution in [0, 0.1) is 11.8 Å². The molecule has 0 spiro atoms. The number of hydrogen-bond donors (Lipinski definition) is 1. The molecule has 2 fully saturated rings. The molecule has 2 unspecified atom stereocenters. The first-order chi connectivity index (χ1) is 13.9. The molecule has 2 aromatic heterocycles. The number of anilines is 1. The van der Waals surface area contributed by atoms with Gasteiger partial charge in [-0.25, -0.2) is 9.78 Å². The van der Waals surface area contributed by atoms with Crippen LogP contribution in [-0.2, 0) is 14.1 Å². The first kappa shape index (κ1) is 17.7. The van der Waals surface area contributed by atoms with Gasteiger partial charge < -0.3 is 19.4 Å². The summed E-state index contributed by atoms with van der Waals surface area (Å²) >= 11 is 0. The molecule has 0 bridgehead atoms. The van der Waals surface area contributed by atoms with Crippen molar-refractivity contribution in [3.05, 3.63) is 56.9 Å². The van der Waals surface area contributed by atoms with Crippen molar-refractivity contribution >= 4 is 22.9 Å². The average molecular weight is 394 g/mol. The van der Waals surface area contributed by atoms with Crippen molar-refractivity contribution in [1.29, 1.82) is 0 Å². The maximum absolute atomic E-state index is 12.8. The number of imidazole rings is 1. The van der Waals surface area contributed by atoms with E-state index in [0.717, 1.165) is 34.6 Å². The number of hydrogen-bond acceptors (Lipinski definition) is 5. The second-order valence-electron chi connectivity index (χ2n) is 7.97. The van der Waals surface area contributed by atoms with Crippen LogP contribution >= 0.6 is 0 Å². The van der Waals surface area contributed by atoms with E-state index in [9.17, 15) is 14.4 Å². The van der Waals surface area contributed by atoms with Crippen LogP contribution in [0.4, 0.5) is 5.95 Å². The van der Waals surface area contributed by atoms with Gasteiger partial charge in [0.05, 0.1) is 11.0 Å². The first-order valence-corrected chi connectivity index (χ1v) is 9.68. The topological polar surface area (TPSA) is 96.2 Å². The van der Waals surface area contributed by atoms with Gasteiger partial charge in [-0.15, -0.1) is 0 Å². The van der Waals surface area contributed by atoms with E-state index in [-0.39, 0.29) is 11.5 Å². The smallest absolute Gasteiger partial charge is 0.328 e. The number of aryl methyl sites for hydroxylation is 1. The lowest BCUT2D eigenvalue weighted by Crippen LogP contribution is -2.41. The number of nitrogens with zero attached hydrogens (tertiary/aromatic N) is 5. The van der Waals surface area contributed by atoms with E-state index < -0.39 is 11.2 Å². The number of para-hydroxylation sites is 2. The Kier molecular flexibility index (Phi) is 3.87. The van der Waals surface area contributed by atoms with E-state index in [2.05, 4.69) is 20.5 Å². The summed E-state index contributed by atoms with van der Waals surface area (Å²) in [6.45, 7) is 2.86. The number of aromatic nitrogens is 4. The highest BCUT2D eigenvalue weighted by molar-refractivity contribution is 5.93. The molecule has 5 rings (SSSR count). The number of nitrogens with one attached hydrogen (secondary N) is 1. The van der Waals surface area contributed by atoms with Crippen LogP contribution < -0.4 is 16.1 Å². The van der Waals surface area contributed by atoms with Crippen molar-refractivity contribution < 1.29 is 4.79 Å². The summed E-state index contributed by atoms with van der Waals surface area (Å²) in [6.07, 6.45) is 1.23. The third-order valence-electron chi connectivity index (χ3n) is 6.23. The largest absolute Gasteiger partial charge is 0.342 e. The van der Waals surface area contributed by atoms with Crippen LogP contribution in [0.3, 0.4) is 0 Å². The van der Waals surface area contributed by atoms with E-state index >= 15 is 0 Å². The van der Waals surface area contributed by atoms with Gasteiger partial charge in [0.15, 0.2) is 0 Å². The van der Waals surface area contributed by atoms with Gasteiger partial charge in [-0.2, -0.15) is 0 Å². The first-order valence-electron chi connectivity index (χ1n) is 9.68. The van der Waals surface area contributed by atoms with E-state index in [1.54, 1.807) is 4.90 Å². The molecule has 0 saturated carbocycles. The van der Waals surface area contributed by atoms with Gasteiger partial charge in [-0.3, -0.25) is 14.2 Å². The number of fused-ring (bicyclic) bond motifs is 2. The summed E-state index contributed by atoms with van der Waals surface area (Å²) in [4.78, 5) is 47.9. The number of rotatable bonds is 2. The maximum Gasteiger partial charge on any atom is 0.328 e. The second-order valence-corrected chi connectivity index (χ2v) is 7.97. The number of aromatic amines is 1. The Labute approximate surface area is 166 Å². The Morgan fingerprint density at radius 1 is 1.03 bits per heavy atom. The summed E-state index contributed by atoms with van der Waals surface area (Å²) in [5, 5.41) is 0. The summed E-state index contributed by atoms with van der Waals surface area (Å²) in [5.41, 5.74) is 1.01. The summed E-state index contributed by atoms with van der Waals surface area (Å²) in [7, 11) is 3.39. The summed E-state index contributed by atoms with van der Waals surface area (Å²) in [6, 6.07) is 8.08. The molecule has 1 aromatic carbocycles. The predicted molar refractivity (Wildman–Crippen MR) is 108 cm³/mol. The van der Waals surface area contributed by atoms with Crippen molar-refractivity contribution in [3.63, 3.8) is 0 Å². The molecule has 1 N–H and O–H groups in total. The van der Waals surface area contributed by atoms with Gasteiger partial charge in [-0.1, -0.05) is 12.1 Å². The number of benzene rings is 1. The van der Waals surface area contributed by atoms with Crippen molar-refractivity contribution in [1.82, 2.24) is 24.0 Å². The van der Waals surface area contributed by atoms with Crippen LogP contribution in [0.1, 0.15) is 10.4 Å². The fourth-order valence-corrected chi connectivity index (χ4v) is 4.63. The minimum Gasteiger partial charge on any atom is -0.342 e. The van der Waals surface area contributed by atoms with Crippen LogP contribution in [0.15, 0.2) is 40.1 Å². The average Bonchev–Trinajstić information content (AvgIpc) is 3.37. The normalized spacial score (nSPS) is 21.2. The third kappa shape index (κ3) is 2.68. The minimum absolute atomic E-state index is 0.0132. The molecule has 2 aliphatic rings. The van der Waals surface area contributed by atoms with Crippen LogP contribution in [-0.4, -0.2) is 56.1 Å². The lowest BCUT2D eigenvalue weighted by atomic mass is 10.0. The fourth-order valence-electron chi connectivity index (χ4n) is 4.63. The zero-order chi connectivity index (χ0) is 20.3. The maximum atomic E-state index is 12.8. The molecular formula is C20H22N6O3. The Hall–Kier alpha value is -3.36. The fraction of sp³-hybridized carbons (Fsp3) is 0.400. The van der Waals surface area contributed by atoms with Crippen molar-refractivity contribution in [3.8, 4) is 0 Å². The molecule has 2 atom stereocenters. The molecule has 150 valence electrons. The third-order valence-corrected chi connectivity index (χ3v) is 6.23. The van der Waals surface area contributed by atoms with Crippen LogP contribution in [0.5, 0.6) is 0 Å². The molecule has 2 aliphatic heterocycles. The molecule has 1 amide bonds. The highest BCUT2D eigenvalue weighted by atomic mass is 16.2. The highest BCUT2D eigenvalue weighted by Crippen LogP contribution is 2.34. The van der Waals surface area contributed by atoms with E-state index in [4.69, 9.17) is 4.98 Å². The standard InChI is InChI=1S/C20H22N6O3/c1-23-16-6-4-3-5-15(16)22-19(23)26-10-12-8-25(9-13(12)11-26)18(28)14-7-21-20(29)24(2)17(14)27/h3-7,12-13H,8-11H2,1-2H3,(H,21,29). The lowest BCUT2D eigenvalue weighted by Gasteiger charge is -2.22. The number of amides is 1. The molecule has 0 aliphatic carbocycles. The van der Waals surface area contributed by atoms with E-state index in [1.807, 2.05) is 25.2 Å². The van der Waals surface area contributed by atoms with Crippen molar-refractivity contribution in [2.24, 2.45) is 25.9 Å². The van der Waals surface area contributed by atoms with Gasteiger partial charge in [0.2, 0.25) is 5.95 Å². The Bertz CT molecular complexity index is 1220. The Morgan fingerprint density at radius 3 is 2.41 bits per heavy atom. The van der Waals surface area contributed by atoms with Gasteiger partial charge in [0, 0.05) is 58.3 Å². The summed E-state index contributed by atoms with van der Waals surface area (Å²) in [5.74, 6) is 1.31. The molecule has 29 heavy (non-hydrogen) atoms. The highest BCUT2D eigenvalue weighted by Gasteiger charge is 2.43. The number of carbonyl (C=O) groups excluding carboxylic acids is 1. The van der Waals surface area contributed by atoms with E-state index in [0.29, 0.717) is 24.9 Å². The number of likely N-dealkylation sites (tertiary alicyclic amines) is 1. The lowest BCUT2D eigenvalue weighted by molar-refractivity contribution is 0.0779. The molecule has 4 heterocycles. The van der Waals surface area contributed by atoms with Gasteiger partial charge in [0.25, 0.3) is 11.5 Å². The minimum atomic E-state index is -0.558. The molecule has 9 heteroatoms. The predicted octanol–water partition coefficient (Wildman–Crippen LogP) is 0.169. The Morgan fingerprint density at radius 2 is 1.72 bits per heavy atom. The summed E-state index contributed by atoms with van der Waals surface area (Å²) < 4.78 is 3.04. The number of H-pyrrole nitrogens is 1. The monoisotopic (exact) mass is 394 g/mol. The Balaban J connectivity index is 1.34. The molecule has 3 aromatic rings. The molecule has 2 saturated heterocycles. The zero-order valence-electron chi connectivity index (χ0n) is 16.3.